The summed E-state index contributed by atoms with van der Waals surface area (Å²) in [5.41, 5.74) is 0.845. The molecule has 0 aromatic heterocycles. The van der Waals surface area contributed by atoms with Crippen LogP contribution in [0.15, 0.2) is 28.6 Å². The first-order chi connectivity index (χ1) is 5.24. The molecule has 11 heavy (non-hydrogen) atoms. The number of aromatic carboxylic acids is 1. The Bertz CT molecular complexity index is 281. The van der Waals surface area contributed by atoms with E-state index in [1.807, 2.05) is 0 Å². The molecule has 0 radical (unpaired) electrons. The average Bonchev–Trinajstić information content (AvgIpc) is 2.05. The van der Waals surface area contributed by atoms with E-state index in [-0.39, 0.29) is 5.56 Å². The summed E-state index contributed by atoms with van der Waals surface area (Å²) in [4.78, 5) is 10.3. The summed E-state index contributed by atoms with van der Waals surface area (Å²) in [6, 6.07) is 6.06. The Balaban J connectivity index is 3.00. The fraction of sp³-hybridized carbons (Fsp3) is 0. The summed E-state index contributed by atoms with van der Waals surface area (Å²) in [5, 5.41) is 8.49. The Hall–Kier alpha value is -1.29. The lowest BCUT2D eigenvalue weighted by Crippen LogP contribution is -1.93. The van der Waals surface area contributed by atoms with E-state index < -0.39 is 5.97 Å². The van der Waals surface area contributed by atoms with Crippen LogP contribution >= 0.6 is 0 Å². The third kappa shape index (κ3) is 1.81. The van der Waals surface area contributed by atoms with Gasteiger partial charge in [0.1, 0.15) is 0 Å². The molecule has 4 heteroatoms. The Kier molecular flexibility index (Phi) is 2.28. The van der Waals surface area contributed by atoms with E-state index in [2.05, 4.69) is 16.8 Å². The minimum atomic E-state index is -0.944. The third-order valence-corrected chi connectivity index (χ3v) is 1.43. The van der Waals surface area contributed by atoms with Gasteiger partial charge in [-0.1, -0.05) is 0 Å². The van der Waals surface area contributed by atoms with Crippen LogP contribution < -0.4 is 0 Å². The number of carboxylic acids is 1. The fourth-order valence-electron chi connectivity index (χ4n) is 0.665. The van der Waals surface area contributed by atoms with Gasteiger partial charge in [-0.15, -0.1) is 0 Å². The van der Waals surface area contributed by atoms with Crippen molar-refractivity contribution in [2.45, 2.75) is 0 Å². The van der Waals surface area contributed by atoms with Gasteiger partial charge < -0.3 is 5.11 Å². The van der Waals surface area contributed by atoms with Crippen molar-refractivity contribution in [1.82, 2.24) is 0 Å². The maximum Gasteiger partial charge on any atom is 0.335 e. The molecule has 0 spiro atoms. The maximum absolute atomic E-state index is 10.3. The molecule has 0 aliphatic rings. The lowest BCUT2D eigenvalue weighted by molar-refractivity contribution is 0.0697. The van der Waals surface area contributed by atoms with Crippen molar-refractivity contribution < 1.29 is 9.90 Å². The standard InChI is InChI=1S/C7H5NO2S/c9-7(10)5-1-3-6(8-11)4-2-5/h1-4H,(H,9,10). The van der Waals surface area contributed by atoms with Crippen molar-refractivity contribution >= 4 is 24.1 Å². The van der Waals surface area contributed by atoms with Gasteiger partial charge in [0.2, 0.25) is 0 Å². The molecule has 0 heterocycles. The van der Waals surface area contributed by atoms with Crippen molar-refractivity contribution in [3.63, 3.8) is 0 Å². The molecule has 1 N–H and O–H groups in total. The van der Waals surface area contributed by atoms with Gasteiger partial charge >= 0.3 is 5.97 Å². The van der Waals surface area contributed by atoms with Crippen LogP contribution in [0, 0.1) is 0 Å². The minimum absolute atomic E-state index is 0.243. The second-order valence-electron chi connectivity index (χ2n) is 1.94. The van der Waals surface area contributed by atoms with Crippen LogP contribution in [0.5, 0.6) is 0 Å². The molecule has 0 bridgehead atoms. The number of benzene rings is 1. The summed E-state index contributed by atoms with van der Waals surface area (Å²) >= 11 is 4.41. The molecule has 0 unspecified atom stereocenters. The number of nitrogens with zero attached hydrogens (tertiary/aromatic N) is 1. The predicted octanol–water partition coefficient (Wildman–Crippen LogP) is 1.75. The lowest BCUT2D eigenvalue weighted by atomic mass is 10.2. The molecule has 0 amide bonds. The monoisotopic (exact) mass is 167 g/mol. The van der Waals surface area contributed by atoms with Crippen molar-refractivity contribution in [3.8, 4) is 0 Å². The molecule has 1 rings (SSSR count). The quantitative estimate of drug-likeness (QED) is 0.729. The molecule has 0 fully saturated rings. The number of rotatable bonds is 2. The Labute approximate surface area is 68.8 Å². The van der Waals surface area contributed by atoms with Crippen LogP contribution in [0.25, 0.3) is 0 Å². The second kappa shape index (κ2) is 3.21. The van der Waals surface area contributed by atoms with E-state index in [0.29, 0.717) is 5.69 Å². The average molecular weight is 167 g/mol. The molecular formula is C7H5NO2S. The van der Waals surface area contributed by atoms with E-state index in [4.69, 9.17) is 5.11 Å². The lowest BCUT2D eigenvalue weighted by Gasteiger charge is -1.92. The minimum Gasteiger partial charge on any atom is -0.478 e. The van der Waals surface area contributed by atoms with Crippen LogP contribution in [0.3, 0.4) is 0 Å². The van der Waals surface area contributed by atoms with Gasteiger partial charge in [-0.3, -0.25) is 0 Å². The highest BCUT2D eigenvalue weighted by Gasteiger charge is 1.99. The number of carbonyl (C=O) groups is 1. The smallest absolute Gasteiger partial charge is 0.335 e. The highest BCUT2D eigenvalue weighted by molar-refractivity contribution is 7.47. The molecule has 0 saturated carbocycles. The normalized spacial score (nSPS) is 9.09. The van der Waals surface area contributed by atoms with E-state index >= 15 is 0 Å². The van der Waals surface area contributed by atoms with Crippen LogP contribution in [0.1, 0.15) is 10.4 Å². The number of carboxylic acid groups (broad SMARTS) is 1. The summed E-state index contributed by atoms with van der Waals surface area (Å²) in [6.07, 6.45) is 0. The van der Waals surface area contributed by atoms with Gasteiger partial charge in [0.05, 0.1) is 11.3 Å². The molecule has 0 atom stereocenters. The third-order valence-electron chi connectivity index (χ3n) is 1.22. The molecule has 56 valence electrons. The first kappa shape index (κ1) is 7.81. The zero-order chi connectivity index (χ0) is 8.27. The van der Waals surface area contributed by atoms with Gasteiger partial charge in [0.15, 0.2) is 0 Å². The molecule has 0 aliphatic heterocycles. The van der Waals surface area contributed by atoms with Gasteiger partial charge in [0, 0.05) is 12.4 Å². The first-order valence-corrected chi connectivity index (χ1v) is 3.27. The first-order valence-electron chi connectivity index (χ1n) is 2.91. The largest absolute Gasteiger partial charge is 0.478 e. The molecule has 3 nitrogen and oxygen atoms in total. The molecule has 1 aromatic carbocycles. The molecule has 0 saturated heterocycles. The maximum atomic E-state index is 10.3. The summed E-state index contributed by atoms with van der Waals surface area (Å²) in [7, 11) is 0. The Morgan fingerprint density at radius 3 is 2.27 bits per heavy atom. The topological polar surface area (TPSA) is 49.7 Å². The summed E-state index contributed by atoms with van der Waals surface area (Å²) in [6.45, 7) is 0. The molecule has 0 aliphatic carbocycles. The Morgan fingerprint density at radius 1 is 1.36 bits per heavy atom. The summed E-state index contributed by atoms with van der Waals surface area (Å²) in [5.74, 6) is -0.944. The van der Waals surface area contributed by atoms with Gasteiger partial charge in [0.25, 0.3) is 0 Å². The van der Waals surface area contributed by atoms with Gasteiger partial charge in [-0.25, -0.2) is 4.79 Å². The van der Waals surface area contributed by atoms with Crippen molar-refractivity contribution in [1.29, 1.82) is 0 Å². The zero-order valence-electron chi connectivity index (χ0n) is 5.52. The van der Waals surface area contributed by atoms with Crippen LogP contribution in [-0.2, 0) is 12.4 Å². The molecule has 1 aromatic rings. The van der Waals surface area contributed by atoms with Gasteiger partial charge in [-0.2, -0.15) is 4.36 Å². The van der Waals surface area contributed by atoms with Crippen molar-refractivity contribution in [3.05, 3.63) is 29.8 Å². The van der Waals surface area contributed by atoms with Crippen LogP contribution in [0.2, 0.25) is 0 Å². The fourth-order valence-corrected chi connectivity index (χ4v) is 0.787. The van der Waals surface area contributed by atoms with E-state index in [1.165, 1.54) is 12.1 Å². The van der Waals surface area contributed by atoms with Crippen molar-refractivity contribution in [2.24, 2.45) is 4.36 Å². The van der Waals surface area contributed by atoms with E-state index in [9.17, 15) is 4.79 Å². The number of hydrogen-bond donors (Lipinski definition) is 1. The zero-order valence-corrected chi connectivity index (χ0v) is 6.34. The van der Waals surface area contributed by atoms with Crippen LogP contribution in [-0.4, -0.2) is 11.1 Å². The van der Waals surface area contributed by atoms with E-state index in [1.54, 1.807) is 12.1 Å². The SMILES string of the molecule is O=C(O)c1ccc(N=S)cc1. The highest BCUT2D eigenvalue weighted by Crippen LogP contribution is 2.11. The van der Waals surface area contributed by atoms with E-state index in [0.717, 1.165) is 0 Å². The van der Waals surface area contributed by atoms with Crippen molar-refractivity contribution in [2.75, 3.05) is 0 Å². The number of hydrogen-bond acceptors (Lipinski definition) is 3. The van der Waals surface area contributed by atoms with Crippen LogP contribution in [0.4, 0.5) is 5.69 Å². The predicted molar refractivity (Wildman–Crippen MR) is 42.9 cm³/mol. The molecular weight excluding hydrogens is 162 g/mol. The summed E-state index contributed by atoms with van der Waals surface area (Å²) < 4.78 is 3.46. The Morgan fingerprint density at radius 2 is 1.91 bits per heavy atom. The highest BCUT2D eigenvalue weighted by atomic mass is 32.1. The second-order valence-corrected chi connectivity index (χ2v) is 2.13. The van der Waals surface area contributed by atoms with Gasteiger partial charge in [-0.05, 0) is 24.3 Å².